The van der Waals surface area contributed by atoms with Gasteiger partial charge in [0.15, 0.2) is 0 Å². The summed E-state index contributed by atoms with van der Waals surface area (Å²) in [6.45, 7) is 4.10. The molecule has 0 aliphatic carbocycles. The molecule has 5 rings (SSSR count). The Morgan fingerprint density at radius 3 is 1.66 bits per heavy atom. The number of methoxy groups -OCH3 is 2. The van der Waals surface area contributed by atoms with Gasteiger partial charge in [-0.1, -0.05) is 44.2 Å². The molecule has 8 atom stereocenters. The number of fused-ring (bicyclic) bond motifs is 2. The molecule has 4 aliphatic rings. The number of amides is 4. The molecule has 0 bridgehead atoms. The normalized spacial score (nSPS) is 27.3. The van der Waals surface area contributed by atoms with Crippen LogP contribution in [0.3, 0.4) is 0 Å². The Bertz CT molecular complexity index is 1460. The van der Waals surface area contributed by atoms with Crippen LogP contribution in [0.1, 0.15) is 90.0 Å². The van der Waals surface area contributed by atoms with Crippen molar-refractivity contribution < 1.29 is 38.2 Å². The maximum atomic E-state index is 14.2. The third kappa shape index (κ3) is 10.3. The van der Waals surface area contributed by atoms with E-state index in [9.17, 15) is 28.8 Å². The van der Waals surface area contributed by atoms with Crippen molar-refractivity contribution >= 4 is 59.1 Å². The fourth-order valence-electron chi connectivity index (χ4n) is 8.23. The minimum atomic E-state index is -0.773. The van der Waals surface area contributed by atoms with Gasteiger partial charge in [-0.3, -0.25) is 19.2 Å². The molecule has 1 aromatic carbocycles. The van der Waals surface area contributed by atoms with E-state index in [0.717, 1.165) is 31.2 Å². The molecule has 4 aliphatic heterocycles. The third-order valence-corrected chi connectivity index (χ3v) is 13.6. The molecule has 1 aromatic rings. The molecular weight excluding hydrogens is 717 g/mol. The molecule has 12 nitrogen and oxygen atoms in total. The zero-order valence-electron chi connectivity index (χ0n) is 31.5. The van der Waals surface area contributed by atoms with Crippen LogP contribution >= 0.6 is 23.5 Å². The van der Waals surface area contributed by atoms with Crippen LogP contribution in [0.25, 0.3) is 0 Å². The molecule has 0 spiro atoms. The molecule has 4 amide bonds. The van der Waals surface area contributed by atoms with Gasteiger partial charge in [-0.05, 0) is 100 Å². The summed E-state index contributed by atoms with van der Waals surface area (Å²) >= 11 is 3.29. The van der Waals surface area contributed by atoms with Crippen LogP contribution in [-0.4, -0.2) is 106 Å². The maximum Gasteiger partial charge on any atom is 0.328 e. The molecule has 0 radical (unpaired) electrons. The van der Waals surface area contributed by atoms with Crippen molar-refractivity contribution in [2.45, 2.75) is 126 Å². The molecule has 53 heavy (non-hydrogen) atoms. The molecule has 4 saturated heterocycles. The Hall–Kier alpha value is -3.26. The molecule has 4 heterocycles. The van der Waals surface area contributed by atoms with Crippen LogP contribution in [0, 0.1) is 17.8 Å². The molecule has 0 aromatic heterocycles. The number of ether oxygens (including phenoxy) is 2. The Morgan fingerprint density at radius 2 is 1.19 bits per heavy atom. The Morgan fingerprint density at radius 1 is 0.717 bits per heavy atom. The van der Waals surface area contributed by atoms with Gasteiger partial charge in [0.05, 0.1) is 25.0 Å². The quantitative estimate of drug-likeness (QED) is 0.278. The van der Waals surface area contributed by atoms with E-state index >= 15 is 0 Å². The summed E-state index contributed by atoms with van der Waals surface area (Å²) in [5, 5.41) is 5.87. The minimum absolute atomic E-state index is 0.128. The molecule has 2 N–H and O–H groups in total. The Labute approximate surface area is 322 Å². The minimum Gasteiger partial charge on any atom is -0.467 e. The standard InChI is InChI=1S/C39H56N4O8S2/c1-24(2)22-26(34(44)40-28-18-20-52-32-14-8-12-30(38(48)50-3)42(32)36(28)46)16-17-27(23-25-10-6-5-7-11-25)35(45)41-29-19-21-53-33-15-9-13-31(39(49)51-4)43(33)37(29)47/h5-7,10-11,24,26-33H,8-9,12-23H2,1-4H3,(H,40,44)(H,41,45)/t26-,27-,28+,29+,30+,31+,32+,33+/m1/s1. The van der Waals surface area contributed by atoms with E-state index in [2.05, 4.69) is 10.6 Å². The number of esters is 2. The van der Waals surface area contributed by atoms with Gasteiger partial charge in [-0.25, -0.2) is 9.59 Å². The maximum absolute atomic E-state index is 14.2. The molecule has 0 unspecified atom stereocenters. The van der Waals surface area contributed by atoms with Crippen molar-refractivity contribution in [1.82, 2.24) is 20.4 Å². The number of rotatable bonds is 13. The number of piperidine rings is 2. The first-order valence-electron chi connectivity index (χ1n) is 19.2. The first-order chi connectivity index (χ1) is 25.5. The zero-order valence-corrected chi connectivity index (χ0v) is 33.1. The highest BCUT2D eigenvalue weighted by Crippen LogP contribution is 2.36. The average Bonchev–Trinajstić information content (AvgIpc) is 3.42. The predicted octanol–water partition coefficient (Wildman–Crippen LogP) is 4.29. The van der Waals surface area contributed by atoms with E-state index in [1.54, 1.807) is 33.3 Å². The largest absolute Gasteiger partial charge is 0.467 e. The lowest BCUT2D eigenvalue weighted by Crippen LogP contribution is -2.58. The van der Waals surface area contributed by atoms with Crippen molar-refractivity contribution in [3.8, 4) is 0 Å². The summed E-state index contributed by atoms with van der Waals surface area (Å²) in [6, 6.07) is 6.85. The highest BCUT2D eigenvalue weighted by Gasteiger charge is 2.45. The topological polar surface area (TPSA) is 151 Å². The summed E-state index contributed by atoms with van der Waals surface area (Å²) in [5.41, 5.74) is 0.972. The molecule has 14 heteroatoms. The third-order valence-electron chi connectivity index (χ3n) is 11.0. The van der Waals surface area contributed by atoms with Gasteiger partial charge >= 0.3 is 11.9 Å². The van der Waals surface area contributed by atoms with Crippen molar-refractivity contribution in [1.29, 1.82) is 0 Å². The second-order valence-corrected chi connectivity index (χ2v) is 17.6. The number of carbonyl (C=O) groups is 6. The first-order valence-corrected chi connectivity index (χ1v) is 21.3. The average molecular weight is 773 g/mol. The smallest absolute Gasteiger partial charge is 0.328 e. The van der Waals surface area contributed by atoms with Gasteiger partial charge in [0.1, 0.15) is 24.2 Å². The Kier molecular flexibility index (Phi) is 14.9. The lowest BCUT2D eigenvalue weighted by atomic mass is 9.86. The van der Waals surface area contributed by atoms with Crippen molar-refractivity contribution in [3.05, 3.63) is 35.9 Å². The monoisotopic (exact) mass is 772 g/mol. The number of hydrogen-bond acceptors (Lipinski definition) is 10. The van der Waals surface area contributed by atoms with Crippen LogP contribution in [0.2, 0.25) is 0 Å². The van der Waals surface area contributed by atoms with Gasteiger partial charge in [0.25, 0.3) is 0 Å². The molecule has 0 saturated carbocycles. The highest BCUT2D eigenvalue weighted by atomic mass is 32.2. The zero-order chi connectivity index (χ0) is 38.1. The van der Waals surface area contributed by atoms with Gasteiger partial charge in [0.2, 0.25) is 23.6 Å². The fourth-order valence-corrected chi connectivity index (χ4v) is 11.0. The van der Waals surface area contributed by atoms with E-state index in [0.29, 0.717) is 62.9 Å². The lowest BCUT2D eigenvalue weighted by molar-refractivity contribution is -0.156. The number of carbonyl (C=O) groups excluding carboxylic acids is 6. The number of hydrogen-bond donors (Lipinski definition) is 2. The first kappa shape index (κ1) is 40.9. The summed E-state index contributed by atoms with van der Waals surface area (Å²) in [7, 11) is 2.67. The predicted molar refractivity (Wildman–Crippen MR) is 204 cm³/mol. The summed E-state index contributed by atoms with van der Waals surface area (Å²) in [6.07, 6.45) is 7.02. The number of nitrogens with one attached hydrogen (secondary N) is 2. The van der Waals surface area contributed by atoms with E-state index in [1.807, 2.05) is 44.2 Å². The highest BCUT2D eigenvalue weighted by molar-refractivity contribution is 8.00. The van der Waals surface area contributed by atoms with Crippen molar-refractivity contribution in [3.63, 3.8) is 0 Å². The van der Waals surface area contributed by atoms with Crippen LogP contribution in [-0.2, 0) is 44.7 Å². The SMILES string of the molecule is COC(=O)[C@@H]1CCC[C@@H]2SCC[C@H](NC(=O)[C@H](CC[C@H](CC(C)C)C(=O)N[C@H]3CCS[C@H]4CCC[C@@H](C(=O)OC)N4C3=O)Cc3ccccc3)C(=O)N21. The Balaban J connectivity index is 1.30. The van der Waals surface area contributed by atoms with Crippen LogP contribution in [0.5, 0.6) is 0 Å². The van der Waals surface area contributed by atoms with Crippen LogP contribution < -0.4 is 10.6 Å². The lowest BCUT2D eigenvalue weighted by Gasteiger charge is -2.40. The summed E-state index contributed by atoms with van der Waals surface area (Å²) < 4.78 is 10.1. The summed E-state index contributed by atoms with van der Waals surface area (Å²) in [5.74, 6) is -1.30. The molecule has 292 valence electrons. The summed E-state index contributed by atoms with van der Waals surface area (Å²) in [4.78, 5) is 84.8. The van der Waals surface area contributed by atoms with Crippen LogP contribution in [0.15, 0.2) is 30.3 Å². The van der Waals surface area contributed by atoms with E-state index in [1.165, 1.54) is 14.2 Å². The molecule has 4 fully saturated rings. The van der Waals surface area contributed by atoms with E-state index in [-0.39, 0.29) is 40.3 Å². The van der Waals surface area contributed by atoms with Crippen molar-refractivity contribution in [2.75, 3.05) is 25.7 Å². The van der Waals surface area contributed by atoms with E-state index < -0.39 is 47.9 Å². The van der Waals surface area contributed by atoms with Gasteiger partial charge in [-0.2, -0.15) is 0 Å². The number of benzene rings is 1. The second-order valence-electron chi connectivity index (χ2n) is 15.1. The van der Waals surface area contributed by atoms with Gasteiger partial charge in [-0.15, -0.1) is 23.5 Å². The van der Waals surface area contributed by atoms with E-state index in [4.69, 9.17) is 9.47 Å². The van der Waals surface area contributed by atoms with Crippen LogP contribution in [0.4, 0.5) is 0 Å². The van der Waals surface area contributed by atoms with Crippen molar-refractivity contribution in [2.24, 2.45) is 17.8 Å². The number of nitrogens with zero attached hydrogens (tertiary/aromatic N) is 2. The van der Waals surface area contributed by atoms with Gasteiger partial charge in [0, 0.05) is 11.8 Å². The second kappa shape index (κ2) is 19.4. The number of thioether (sulfide) groups is 2. The fraction of sp³-hybridized carbons (Fsp3) is 0.692. The molecular formula is C39H56N4O8S2. The van der Waals surface area contributed by atoms with Gasteiger partial charge < -0.3 is 29.9 Å².